The number of benzene rings is 2. The van der Waals surface area contributed by atoms with E-state index in [1.54, 1.807) is 36.1 Å². The average Bonchev–Trinajstić information content (AvgIpc) is 2.70. The van der Waals surface area contributed by atoms with Crippen molar-refractivity contribution in [3.63, 3.8) is 0 Å². The molecule has 0 aliphatic rings. The molecule has 3 aromatic rings. The van der Waals surface area contributed by atoms with E-state index in [0.29, 0.717) is 24.0 Å². The second-order valence-corrected chi connectivity index (χ2v) is 6.33. The molecule has 140 valence electrons. The molecule has 27 heavy (non-hydrogen) atoms. The van der Waals surface area contributed by atoms with E-state index in [9.17, 15) is 14.4 Å². The molecule has 1 aromatic heterocycles. The largest absolute Gasteiger partial charge is 0.337 e. The summed E-state index contributed by atoms with van der Waals surface area (Å²) in [5.74, 6) is -0.157. The standard InChI is InChI=1S/C21H23N3O3/c1-3-22(14-16-10-6-5-7-11-16)19(25)15-24-18-13-9-8-12-17(18)20(26)23(4-2)21(24)27/h5-13H,3-4,14-15H2,1-2H3. The quantitative estimate of drug-likeness (QED) is 0.673. The number of nitrogens with zero attached hydrogens (tertiary/aromatic N) is 3. The van der Waals surface area contributed by atoms with Crippen molar-refractivity contribution in [3.8, 4) is 0 Å². The molecule has 6 nitrogen and oxygen atoms in total. The molecule has 0 saturated heterocycles. The summed E-state index contributed by atoms with van der Waals surface area (Å²) in [6.07, 6.45) is 0. The predicted octanol–water partition coefficient (Wildman–Crippen LogP) is 2.23. The van der Waals surface area contributed by atoms with E-state index < -0.39 is 5.69 Å². The van der Waals surface area contributed by atoms with Crippen LogP contribution >= 0.6 is 0 Å². The van der Waals surface area contributed by atoms with Gasteiger partial charge < -0.3 is 4.90 Å². The molecule has 1 heterocycles. The van der Waals surface area contributed by atoms with Crippen LogP contribution in [0.3, 0.4) is 0 Å². The Balaban J connectivity index is 1.99. The molecule has 0 spiro atoms. The van der Waals surface area contributed by atoms with E-state index in [0.717, 1.165) is 5.56 Å². The van der Waals surface area contributed by atoms with E-state index in [2.05, 4.69) is 0 Å². The summed E-state index contributed by atoms with van der Waals surface area (Å²) in [5.41, 5.74) is 0.744. The summed E-state index contributed by atoms with van der Waals surface area (Å²) in [5, 5.41) is 0.442. The van der Waals surface area contributed by atoms with Gasteiger partial charge in [-0.3, -0.25) is 18.7 Å². The Morgan fingerprint density at radius 2 is 1.59 bits per heavy atom. The number of para-hydroxylation sites is 1. The van der Waals surface area contributed by atoms with Crippen LogP contribution in [0.4, 0.5) is 0 Å². The number of rotatable bonds is 6. The first-order valence-electron chi connectivity index (χ1n) is 9.10. The number of likely N-dealkylation sites (N-methyl/N-ethyl adjacent to an activating group) is 1. The molecule has 0 fully saturated rings. The van der Waals surface area contributed by atoms with Gasteiger partial charge in [-0.1, -0.05) is 42.5 Å². The fraction of sp³-hybridized carbons (Fsp3) is 0.286. The molecule has 0 unspecified atom stereocenters. The third kappa shape index (κ3) is 3.69. The van der Waals surface area contributed by atoms with Gasteiger partial charge in [0.05, 0.1) is 10.9 Å². The molecular formula is C21H23N3O3. The minimum atomic E-state index is -0.453. The number of aromatic nitrogens is 2. The van der Waals surface area contributed by atoms with Crippen molar-refractivity contribution in [2.24, 2.45) is 0 Å². The number of amides is 1. The number of carbonyl (C=O) groups is 1. The second kappa shape index (κ2) is 8.03. The fourth-order valence-electron chi connectivity index (χ4n) is 3.22. The molecule has 0 radical (unpaired) electrons. The zero-order valence-corrected chi connectivity index (χ0v) is 15.6. The van der Waals surface area contributed by atoms with Gasteiger partial charge >= 0.3 is 5.69 Å². The van der Waals surface area contributed by atoms with E-state index in [1.165, 1.54) is 9.13 Å². The summed E-state index contributed by atoms with van der Waals surface area (Å²) < 4.78 is 2.57. The highest BCUT2D eigenvalue weighted by Crippen LogP contribution is 2.10. The average molecular weight is 365 g/mol. The van der Waals surface area contributed by atoms with Crippen LogP contribution in [-0.2, 0) is 24.4 Å². The van der Waals surface area contributed by atoms with Crippen molar-refractivity contribution in [2.45, 2.75) is 33.5 Å². The Bertz CT molecular complexity index is 1070. The van der Waals surface area contributed by atoms with Crippen molar-refractivity contribution in [1.29, 1.82) is 0 Å². The SMILES string of the molecule is CCN(Cc1ccccc1)C(=O)Cn1c(=O)n(CC)c(=O)c2ccccc21. The highest BCUT2D eigenvalue weighted by Gasteiger charge is 2.18. The Labute approximate surface area is 157 Å². The van der Waals surface area contributed by atoms with Crippen LogP contribution < -0.4 is 11.2 Å². The first-order chi connectivity index (χ1) is 13.1. The van der Waals surface area contributed by atoms with Crippen LogP contribution in [0.1, 0.15) is 19.4 Å². The van der Waals surface area contributed by atoms with Gasteiger partial charge in [-0.15, -0.1) is 0 Å². The van der Waals surface area contributed by atoms with Gasteiger partial charge in [-0.05, 0) is 31.5 Å². The molecule has 0 atom stereocenters. The summed E-state index contributed by atoms with van der Waals surface area (Å²) in [4.78, 5) is 39.9. The van der Waals surface area contributed by atoms with Crippen molar-refractivity contribution < 1.29 is 4.79 Å². The number of carbonyl (C=O) groups excluding carboxylic acids is 1. The van der Waals surface area contributed by atoms with Crippen LogP contribution in [0.2, 0.25) is 0 Å². The van der Waals surface area contributed by atoms with Crippen molar-refractivity contribution in [2.75, 3.05) is 6.54 Å². The fourth-order valence-corrected chi connectivity index (χ4v) is 3.22. The monoisotopic (exact) mass is 365 g/mol. The Hall–Kier alpha value is -3.15. The Morgan fingerprint density at radius 3 is 2.26 bits per heavy atom. The smallest absolute Gasteiger partial charge is 0.331 e. The lowest BCUT2D eigenvalue weighted by Crippen LogP contribution is -2.43. The first kappa shape index (κ1) is 18.6. The lowest BCUT2D eigenvalue weighted by atomic mass is 10.2. The normalized spacial score (nSPS) is 10.9. The van der Waals surface area contributed by atoms with Crippen LogP contribution in [0.25, 0.3) is 10.9 Å². The van der Waals surface area contributed by atoms with Gasteiger partial charge in [0.25, 0.3) is 5.56 Å². The molecule has 6 heteroatoms. The van der Waals surface area contributed by atoms with Gasteiger partial charge in [0.15, 0.2) is 0 Å². The number of hydrogen-bond donors (Lipinski definition) is 0. The summed E-state index contributed by atoms with van der Waals surface area (Å²) in [6.45, 7) is 4.84. The lowest BCUT2D eigenvalue weighted by Gasteiger charge is -2.22. The van der Waals surface area contributed by atoms with Gasteiger partial charge in [-0.25, -0.2) is 4.79 Å². The van der Waals surface area contributed by atoms with Gasteiger partial charge in [0.2, 0.25) is 5.91 Å². The summed E-state index contributed by atoms with van der Waals surface area (Å²) >= 11 is 0. The molecule has 3 rings (SSSR count). The minimum absolute atomic E-state index is 0.0969. The minimum Gasteiger partial charge on any atom is -0.337 e. The molecule has 0 aliphatic carbocycles. The Kier molecular flexibility index (Phi) is 5.54. The van der Waals surface area contributed by atoms with Crippen LogP contribution in [0, 0.1) is 0 Å². The van der Waals surface area contributed by atoms with Crippen molar-refractivity contribution in [3.05, 3.63) is 81.0 Å². The molecule has 1 amide bonds. The first-order valence-corrected chi connectivity index (χ1v) is 9.10. The van der Waals surface area contributed by atoms with Crippen LogP contribution in [-0.4, -0.2) is 26.5 Å². The van der Waals surface area contributed by atoms with Gasteiger partial charge in [0, 0.05) is 19.6 Å². The number of fused-ring (bicyclic) bond motifs is 1. The van der Waals surface area contributed by atoms with Crippen LogP contribution in [0.5, 0.6) is 0 Å². The highest BCUT2D eigenvalue weighted by atomic mass is 16.2. The topological polar surface area (TPSA) is 64.3 Å². The molecule has 0 bridgehead atoms. The third-order valence-corrected chi connectivity index (χ3v) is 4.69. The Morgan fingerprint density at radius 1 is 0.926 bits per heavy atom. The molecule has 0 N–H and O–H groups in total. The van der Waals surface area contributed by atoms with E-state index in [-0.39, 0.29) is 24.6 Å². The second-order valence-electron chi connectivity index (χ2n) is 6.33. The molecule has 2 aromatic carbocycles. The third-order valence-electron chi connectivity index (χ3n) is 4.69. The highest BCUT2D eigenvalue weighted by molar-refractivity contribution is 5.81. The summed E-state index contributed by atoms with van der Waals surface area (Å²) in [6, 6.07) is 16.6. The maximum absolute atomic E-state index is 12.9. The van der Waals surface area contributed by atoms with Gasteiger partial charge in [-0.2, -0.15) is 0 Å². The maximum Gasteiger partial charge on any atom is 0.331 e. The molecule has 0 saturated carbocycles. The lowest BCUT2D eigenvalue weighted by molar-refractivity contribution is -0.132. The number of hydrogen-bond acceptors (Lipinski definition) is 3. The van der Waals surface area contributed by atoms with E-state index in [4.69, 9.17) is 0 Å². The van der Waals surface area contributed by atoms with Crippen molar-refractivity contribution >= 4 is 16.8 Å². The molecular weight excluding hydrogens is 342 g/mol. The van der Waals surface area contributed by atoms with Crippen molar-refractivity contribution in [1.82, 2.24) is 14.0 Å². The van der Waals surface area contributed by atoms with Crippen LogP contribution in [0.15, 0.2) is 64.2 Å². The van der Waals surface area contributed by atoms with Gasteiger partial charge in [0.1, 0.15) is 6.54 Å². The zero-order chi connectivity index (χ0) is 19.4. The van der Waals surface area contributed by atoms with E-state index >= 15 is 0 Å². The molecule has 0 aliphatic heterocycles. The van der Waals surface area contributed by atoms with E-state index in [1.807, 2.05) is 37.3 Å². The predicted molar refractivity (Wildman–Crippen MR) is 106 cm³/mol. The zero-order valence-electron chi connectivity index (χ0n) is 15.6. The summed E-state index contributed by atoms with van der Waals surface area (Å²) in [7, 11) is 0. The maximum atomic E-state index is 12.9.